The molecule has 2 aromatic heterocycles. The number of amides is 1. The summed E-state index contributed by atoms with van der Waals surface area (Å²) in [6, 6.07) is 8.31. The summed E-state index contributed by atoms with van der Waals surface area (Å²) in [7, 11) is 0. The fourth-order valence-electron chi connectivity index (χ4n) is 3.82. The molecule has 1 amide bonds. The standard InChI is InChI=1S/C22H25N5O/c1-15-4-7-17(8-5-15)27-20-11-22(2,3)10-19(18(20)13-25-27)26-21(28)9-6-16-12-23-14-24-16/h4-9,12-14,19H,10-11H2,1-3H3,(H,23,24)(H,26,28)/b9-6+. The van der Waals surface area contributed by atoms with Crippen molar-refractivity contribution in [2.45, 2.75) is 39.7 Å². The van der Waals surface area contributed by atoms with E-state index in [2.05, 4.69) is 65.4 Å². The van der Waals surface area contributed by atoms with E-state index in [0.717, 1.165) is 29.8 Å². The Balaban J connectivity index is 1.60. The topological polar surface area (TPSA) is 75.6 Å². The molecule has 2 heterocycles. The molecule has 0 spiro atoms. The summed E-state index contributed by atoms with van der Waals surface area (Å²) in [5.41, 5.74) is 5.41. The first kappa shape index (κ1) is 18.2. The predicted octanol–water partition coefficient (Wildman–Crippen LogP) is 3.75. The Labute approximate surface area is 164 Å². The molecular weight excluding hydrogens is 350 g/mol. The molecule has 0 saturated carbocycles. The van der Waals surface area contributed by atoms with Crippen LogP contribution >= 0.6 is 0 Å². The maximum atomic E-state index is 12.5. The Bertz CT molecular complexity index is 996. The van der Waals surface area contributed by atoms with E-state index < -0.39 is 0 Å². The quantitative estimate of drug-likeness (QED) is 0.682. The first-order chi connectivity index (χ1) is 13.4. The minimum absolute atomic E-state index is 0.0585. The van der Waals surface area contributed by atoms with Crippen LogP contribution in [0.15, 0.2) is 49.1 Å². The van der Waals surface area contributed by atoms with Crippen molar-refractivity contribution in [2.24, 2.45) is 5.41 Å². The number of aryl methyl sites for hydroxylation is 1. The normalized spacial score (nSPS) is 18.2. The Morgan fingerprint density at radius 2 is 2.07 bits per heavy atom. The monoisotopic (exact) mass is 375 g/mol. The average Bonchev–Trinajstić information content (AvgIpc) is 3.29. The van der Waals surface area contributed by atoms with Gasteiger partial charge in [-0.15, -0.1) is 0 Å². The van der Waals surface area contributed by atoms with Gasteiger partial charge in [0.25, 0.3) is 0 Å². The van der Waals surface area contributed by atoms with Crippen LogP contribution in [0.2, 0.25) is 0 Å². The number of hydrogen-bond acceptors (Lipinski definition) is 3. The lowest BCUT2D eigenvalue weighted by molar-refractivity contribution is -0.117. The van der Waals surface area contributed by atoms with Gasteiger partial charge in [-0.1, -0.05) is 31.5 Å². The van der Waals surface area contributed by atoms with Crippen LogP contribution < -0.4 is 5.32 Å². The van der Waals surface area contributed by atoms with Crippen molar-refractivity contribution in [3.05, 3.63) is 71.6 Å². The third-order valence-corrected chi connectivity index (χ3v) is 5.21. The van der Waals surface area contributed by atoms with Gasteiger partial charge in [0.15, 0.2) is 0 Å². The summed E-state index contributed by atoms with van der Waals surface area (Å²) in [5.74, 6) is -0.119. The predicted molar refractivity (Wildman–Crippen MR) is 109 cm³/mol. The minimum atomic E-state index is -0.119. The van der Waals surface area contributed by atoms with Gasteiger partial charge in [0.2, 0.25) is 5.91 Å². The van der Waals surface area contributed by atoms with Crippen molar-refractivity contribution >= 4 is 12.0 Å². The first-order valence-electron chi connectivity index (χ1n) is 9.52. The molecule has 1 unspecified atom stereocenters. The lowest BCUT2D eigenvalue weighted by Crippen LogP contribution is -2.36. The molecule has 2 N–H and O–H groups in total. The van der Waals surface area contributed by atoms with E-state index in [0.29, 0.717) is 0 Å². The van der Waals surface area contributed by atoms with Gasteiger partial charge in [-0.3, -0.25) is 4.79 Å². The van der Waals surface area contributed by atoms with Crippen LogP contribution in [-0.2, 0) is 11.2 Å². The Morgan fingerprint density at radius 1 is 1.29 bits per heavy atom. The number of carbonyl (C=O) groups is 1. The molecule has 0 saturated heterocycles. The summed E-state index contributed by atoms with van der Waals surface area (Å²) in [6.45, 7) is 6.55. The van der Waals surface area contributed by atoms with Crippen LogP contribution in [0.5, 0.6) is 0 Å². The molecule has 6 heteroatoms. The zero-order valence-corrected chi connectivity index (χ0v) is 16.4. The van der Waals surface area contributed by atoms with Gasteiger partial charge < -0.3 is 10.3 Å². The number of fused-ring (bicyclic) bond motifs is 1. The van der Waals surface area contributed by atoms with Crippen LogP contribution in [0.3, 0.4) is 0 Å². The van der Waals surface area contributed by atoms with Gasteiger partial charge in [0.1, 0.15) is 0 Å². The molecule has 28 heavy (non-hydrogen) atoms. The van der Waals surface area contributed by atoms with Crippen molar-refractivity contribution in [1.29, 1.82) is 0 Å². The maximum absolute atomic E-state index is 12.5. The number of imidazole rings is 1. The van der Waals surface area contributed by atoms with Gasteiger partial charge in [0, 0.05) is 11.6 Å². The van der Waals surface area contributed by atoms with Gasteiger partial charge in [-0.2, -0.15) is 5.10 Å². The van der Waals surface area contributed by atoms with Crippen LogP contribution in [0, 0.1) is 12.3 Å². The highest BCUT2D eigenvalue weighted by molar-refractivity contribution is 5.91. The minimum Gasteiger partial charge on any atom is -0.346 e. The molecular formula is C22H25N5O. The molecule has 6 nitrogen and oxygen atoms in total. The number of nitrogens with zero attached hydrogens (tertiary/aromatic N) is 3. The van der Waals surface area contributed by atoms with Gasteiger partial charge in [-0.25, -0.2) is 9.67 Å². The number of aromatic amines is 1. The molecule has 1 aromatic carbocycles. The van der Waals surface area contributed by atoms with E-state index in [1.165, 1.54) is 11.3 Å². The second kappa shape index (κ2) is 7.11. The molecule has 4 rings (SSSR count). The Hall–Kier alpha value is -3.15. The van der Waals surface area contributed by atoms with Crippen LogP contribution in [0.25, 0.3) is 11.8 Å². The smallest absolute Gasteiger partial charge is 0.244 e. The van der Waals surface area contributed by atoms with Gasteiger partial charge >= 0.3 is 0 Å². The summed E-state index contributed by atoms with van der Waals surface area (Å²) in [5, 5.41) is 7.80. The molecule has 0 radical (unpaired) electrons. The zero-order chi connectivity index (χ0) is 19.7. The first-order valence-corrected chi connectivity index (χ1v) is 9.52. The summed E-state index contributed by atoms with van der Waals surface area (Å²) in [4.78, 5) is 19.4. The second-order valence-electron chi connectivity index (χ2n) is 8.24. The number of hydrogen-bond donors (Lipinski definition) is 2. The van der Waals surface area contributed by atoms with Gasteiger partial charge in [0.05, 0.1) is 41.8 Å². The van der Waals surface area contributed by atoms with Crippen molar-refractivity contribution in [2.75, 3.05) is 0 Å². The Kier molecular flexibility index (Phi) is 4.63. The summed E-state index contributed by atoms with van der Waals surface area (Å²) >= 11 is 0. The summed E-state index contributed by atoms with van der Waals surface area (Å²) < 4.78 is 2.01. The van der Waals surface area contributed by atoms with E-state index >= 15 is 0 Å². The van der Waals surface area contributed by atoms with E-state index in [-0.39, 0.29) is 17.4 Å². The van der Waals surface area contributed by atoms with E-state index in [1.807, 2.05) is 10.9 Å². The van der Waals surface area contributed by atoms with Crippen molar-refractivity contribution in [1.82, 2.24) is 25.1 Å². The van der Waals surface area contributed by atoms with Crippen molar-refractivity contribution < 1.29 is 4.79 Å². The highest BCUT2D eigenvalue weighted by atomic mass is 16.1. The molecule has 144 valence electrons. The molecule has 0 aliphatic heterocycles. The second-order valence-corrected chi connectivity index (χ2v) is 8.24. The van der Waals surface area contributed by atoms with Gasteiger partial charge in [-0.05, 0) is 43.4 Å². The highest BCUT2D eigenvalue weighted by Gasteiger charge is 2.35. The van der Waals surface area contributed by atoms with E-state index in [4.69, 9.17) is 0 Å². The van der Waals surface area contributed by atoms with Crippen molar-refractivity contribution in [3.63, 3.8) is 0 Å². The summed E-state index contributed by atoms with van der Waals surface area (Å²) in [6.07, 6.45) is 10.2. The average molecular weight is 375 g/mol. The van der Waals surface area contributed by atoms with E-state index in [1.54, 1.807) is 24.7 Å². The molecule has 0 bridgehead atoms. The number of carbonyl (C=O) groups excluding carboxylic acids is 1. The third kappa shape index (κ3) is 3.76. The van der Waals surface area contributed by atoms with Crippen LogP contribution in [0.1, 0.15) is 48.8 Å². The lowest BCUT2D eigenvalue weighted by Gasteiger charge is -2.35. The molecule has 1 aliphatic carbocycles. The number of H-pyrrole nitrogens is 1. The molecule has 0 fully saturated rings. The molecule has 1 atom stereocenters. The zero-order valence-electron chi connectivity index (χ0n) is 16.4. The Morgan fingerprint density at radius 3 is 2.79 bits per heavy atom. The fraction of sp³-hybridized carbons (Fsp3) is 0.318. The van der Waals surface area contributed by atoms with E-state index in [9.17, 15) is 4.79 Å². The third-order valence-electron chi connectivity index (χ3n) is 5.21. The van der Waals surface area contributed by atoms with Crippen LogP contribution in [0.4, 0.5) is 0 Å². The largest absolute Gasteiger partial charge is 0.346 e. The maximum Gasteiger partial charge on any atom is 0.244 e. The highest BCUT2D eigenvalue weighted by Crippen LogP contribution is 2.41. The molecule has 3 aromatic rings. The lowest BCUT2D eigenvalue weighted by atomic mass is 9.74. The number of aromatic nitrogens is 4. The van der Waals surface area contributed by atoms with Crippen LogP contribution in [-0.4, -0.2) is 25.7 Å². The SMILES string of the molecule is Cc1ccc(-n2ncc3c2CC(C)(C)CC3NC(=O)/C=C/c2cnc[nH]2)cc1. The number of benzene rings is 1. The molecule has 1 aliphatic rings. The van der Waals surface area contributed by atoms with Crippen molar-refractivity contribution in [3.8, 4) is 5.69 Å². The number of nitrogens with one attached hydrogen (secondary N) is 2. The number of rotatable bonds is 4. The fourth-order valence-corrected chi connectivity index (χ4v) is 3.82.